The van der Waals surface area contributed by atoms with E-state index in [1.54, 1.807) is 12.1 Å². The Morgan fingerprint density at radius 2 is 1.75 bits per heavy atom. The molecule has 0 atom stereocenters. The van der Waals surface area contributed by atoms with Crippen molar-refractivity contribution in [1.82, 2.24) is 0 Å². The molecule has 0 fully saturated rings. The molecule has 0 heterocycles. The molecule has 3 nitrogen and oxygen atoms in total. The van der Waals surface area contributed by atoms with E-state index in [0.717, 1.165) is 36.7 Å². The smallest absolute Gasteiger partial charge is 0.141 e. The van der Waals surface area contributed by atoms with E-state index in [-0.39, 0.29) is 5.02 Å². The fraction of sp³-hybridized carbons (Fsp3) is 0.368. The number of hydrogen-bond donors (Lipinski definition) is 2. The van der Waals surface area contributed by atoms with Crippen molar-refractivity contribution in [1.29, 1.82) is 0 Å². The predicted octanol–water partition coefficient (Wildman–Crippen LogP) is 5.43. The van der Waals surface area contributed by atoms with Crippen LogP contribution in [0.15, 0.2) is 42.5 Å². The van der Waals surface area contributed by atoms with Crippen molar-refractivity contribution in [2.24, 2.45) is 5.92 Å². The molecule has 0 unspecified atom stereocenters. The molecule has 2 N–H and O–H groups in total. The lowest BCUT2D eigenvalue weighted by molar-refractivity contribution is 0.289. The van der Waals surface area contributed by atoms with Crippen molar-refractivity contribution in [3.8, 4) is 5.75 Å². The lowest BCUT2D eigenvalue weighted by Gasteiger charge is -2.12. The zero-order valence-corrected chi connectivity index (χ0v) is 14.9. The molecule has 0 radical (unpaired) electrons. The minimum atomic E-state index is -0.408. The predicted molar refractivity (Wildman–Crippen MR) is 99.8 cm³/mol. The van der Waals surface area contributed by atoms with Gasteiger partial charge in [0.15, 0.2) is 0 Å². The van der Waals surface area contributed by atoms with Gasteiger partial charge < -0.3 is 15.4 Å². The molecule has 2 rings (SSSR count). The van der Waals surface area contributed by atoms with E-state index in [1.165, 1.54) is 6.07 Å². The van der Waals surface area contributed by atoms with Crippen LogP contribution in [0.3, 0.4) is 0 Å². The van der Waals surface area contributed by atoms with Crippen LogP contribution in [0.4, 0.5) is 15.8 Å². The topological polar surface area (TPSA) is 33.3 Å². The fourth-order valence-electron chi connectivity index (χ4n) is 2.13. The van der Waals surface area contributed by atoms with Gasteiger partial charge in [0.25, 0.3) is 0 Å². The van der Waals surface area contributed by atoms with Crippen LogP contribution in [-0.4, -0.2) is 19.7 Å². The third-order valence-corrected chi connectivity index (χ3v) is 3.79. The summed E-state index contributed by atoms with van der Waals surface area (Å²) in [7, 11) is 0. The summed E-state index contributed by atoms with van der Waals surface area (Å²) in [4.78, 5) is 0. The van der Waals surface area contributed by atoms with Gasteiger partial charge in [0, 0.05) is 30.5 Å². The summed E-state index contributed by atoms with van der Waals surface area (Å²) in [6.07, 6.45) is 1.04. The van der Waals surface area contributed by atoms with Gasteiger partial charge in [-0.3, -0.25) is 0 Å². The van der Waals surface area contributed by atoms with Gasteiger partial charge in [-0.15, -0.1) is 0 Å². The number of halogens is 2. The van der Waals surface area contributed by atoms with Crippen molar-refractivity contribution in [2.75, 3.05) is 30.3 Å². The Balaban J connectivity index is 1.74. The van der Waals surface area contributed by atoms with E-state index in [1.807, 2.05) is 24.3 Å². The molecule has 0 bridgehead atoms. The van der Waals surface area contributed by atoms with E-state index in [9.17, 15) is 4.39 Å². The second-order valence-corrected chi connectivity index (χ2v) is 6.45. The molecule has 0 saturated carbocycles. The summed E-state index contributed by atoms with van der Waals surface area (Å²) < 4.78 is 18.8. The van der Waals surface area contributed by atoms with Gasteiger partial charge >= 0.3 is 0 Å². The first kappa shape index (κ1) is 18.4. The molecule has 130 valence electrons. The van der Waals surface area contributed by atoms with E-state index in [4.69, 9.17) is 16.3 Å². The lowest BCUT2D eigenvalue weighted by Crippen LogP contribution is -2.13. The van der Waals surface area contributed by atoms with E-state index in [2.05, 4.69) is 24.5 Å². The Hall–Kier alpha value is -1.94. The van der Waals surface area contributed by atoms with Crippen LogP contribution in [0, 0.1) is 11.7 Å². The highest BCUT2D eigenvalue weighted by Gasteiger charge is 2.01. The van der Waals surface area contributed by atoms with Crippen molar-refractivity contribution in [2.45, 2.75) is 20.3 Å². The van der Waals surface area contributed by atoms with Gasteiger partial charge in [0.2, 0.25) is 0 Å². The van der Waals surface area contributed by atoms with Crippen LogP contribution in [0.25, 0.3) is 0 Å². The molecule has 0 aromatic heterocycles. The fourth-order valence-corrected chi connectivity index (χ4v) is 2.31. The Morgan fingerprint density at radius 3 is 2.42 bits per heavy atom. The quantitative estimate of drug-likeness (QED) is 0.592. The first-order valence-electron chi connectivity index (χ1n) is 8.20. The minimum absolute atomic E-state index is 0.124. The number of nitrogens with one attached hydrogen (secondary N) is 2. The highest BCUT2D eigenvalue weighted by atomic mass is 35.5. The van der Waals surface area contributed by atoms with Gasteiger partial charge in [0.1, 0.15) is 11.6 Å². The zero-order valence-electron chi connectivity index (χ0n) is 14.1. The largest absolute Gasteiger partial charge is 0.494 e. The van der Waals surface area contributed by atoms with Gasteiger partial charge in [-0.05, 0) is 42.7 Å². The summed E-state index contributed by atoms with van der Waals surface area (Å²) in [5.74, 6) is 1.10. The van der Waals surface area contributed by atoms with Crippen LogP contribution in [0.1, 0.15) is 20.3 Å². The molecular formula is C19H24ClFN2O. The molecule has 2 aromatic rings. The molecule has 0 aliphatic heterocycles. The Morgan fingerprint density at radius 1 is 1.04 bits per heavy atom. The molecule has 0 aliphatic carbocycles. The lowest BCUT2D eigenvalue weighted by atomic mass is 10.1. The maximum absolute atomic E-state index is 13.1. The summed E-state index contributed by atoms with van der Waals surface area (Å²) >= 11 is 5.76. The molecule has 24 heavy (non-hydrogen) atoms. The third-order valence-electron chi connectivity index (χ3n) is 3.50. The SMILES string of the molecule is CC(C)CCOc1cccc(NCCNc2ccc(F)c(Cl)c2)c1. The molecule has 0 saturated heterocycles. The molecular weight excluding hydrogens is 327 g/mol. The van der Waals surface area contributed by atoms with Gasteiger partial charge in [0.05, 0.1) is 11.6 Å². The zero-order chi connectivity index (χ0) is 17.4. The summed E-state index contributed by atoms with van der Waals surface area (Å²) in [6.45, 7) is 6.52. The van der Waals surface area contributed by atoms with Crippen LogP contribution < -0.4 is 15.4 Å². The highest BCUT2D eigenvalue weighted by Crippen LogP contribution is 2.20. The standard InChI is InChI=1S/C19H24ClFN2O/c1-14(2)8-11-24-17-5-3-4-15(12-17)22-9-10-23-16-6-7-19(21)18(20)13-16/h3-7,12-14,22-23H,8-11H2,1-2H3. The maximum Gasteiger partial charge on any atom is 0.141 e. The molecule has 2 aromatic carbocycles. The number of hydrogen-bond acceptors (Lipinski definition) is 3. The van der Waals surface area contributed by atoms with E-state index < -0.39 is 5.82 Å². The normalized spacial score (nSPS) is 10.7. The third kappa shape index (κ3) is 6.28. The van der Waals surface area contributed by atoms with E-state index in [0.29, 0.717) is 12.5 Å². The van der Waals surface area contributed by atoms with Gasteiger partial charge in [-0.1, -0.05) is 31.5 Å². The average Bonchev–Trinajstić information content (AvgIpc) is 2.55. The van der Waals surface area contributed by atoms with Crippen LogP contribution in [-0.2, 0) is 0 Å². The Kier molecular flexibility index (Phi) is 7.19. The number of anilines is 2. The molecule has 0 spiro atoms. The van der Waals surface area contributed by atoms with Crippen molar-refractivity contribution in [3.63, 3.8) is 0 Å². The van der Waals surface area contributed by atoms with Crippen molar-refractivity contribution >= 4 is 23.0 Å². The monoisotopic (exact) mass is 350 g/mol. The van der Waals surface area contributed by atoms with Crippen LogP contribution >= 0.6 is 11.6 Å². The van der Waals surface area contributed by atoms with Crippen molar-refractivity contribution in [3.05, 3.63) is 53.3 Å². The van der Waals surface area contributed by atoms with E-state index >= 15 is 0 Å². The first-order valence-corrected chi connectivity index (χ1v) is 8.58. The summed E-state index contributed by atoms with van der Waals surface area (Å²) in [6, 6.07) is 12.5. The molecule has 0 aliphatic rings. The average molecular weight is 351 g/mol. The minimum Gasteiger partial charge on any atom is -0.494 e. The second-order valence-electron chi connectivity index (χ2n) is 6.04. The number of ether oxygens (including phenoxy) is 1. The van der Waals surface area contributed by atoms with Crippen molar-refractivity contribution < 1.29 is 9.13 Å². The summed E-state index contributed by atoms with van der Waals surface area (Å²) in [5, 5.41) is 6.65. The van der Waals surface area contributed by atoms with Crippen LogP contribution in [0.2, 0.25) is 5.02 Å². The summed E-state index contributed by atoms with van der Waals surface area (Å²) in [5.41, 5.74) is 1.81. The maximum atomic E-state index is 13.1. The Bertz CT molecular complexity index is 649. The molecule has 5 heteroatoms. The number of rotatable bonds is 9. The second kappa shape index (κ2) is 9.38. The highest BCUT2D eigenvalue weighted by molar-refractivity contribution is 6.31. The Labute approximate surface area is 148 Å². The van der Waals surface area contributed by atoms with Gasteiger partial charge in [-0.2, -0.15) is 0 Å². The first-order chi connectivity index (χ1) is 11.5. The number of benzene rings is 2. The molecule has 0 amide bonds. The van der Waals surface area contributed by atoms with Crippen LogP contribution in [0.5, 0.6) is 5.75 Å². The van der Waals surface area contributed by atoms with Gasteiger partial charge in [-0.25, -0.2) is 4.39 Å².